The Hall–Kier alpha value is 2.09. The Morgan fingerprint density at radius 2 is 0.833 bits per heavy atom. The SMILES string of the molecule is [Mn].[S]=[W](=[S])(=[S])=[S]. The predicted molar refractivity (Wildman–Crippen MR) is 30.4 cm³/mol. The van der Waals surface area contributed by atoms with Crippen molar-refractivity contribution in [3.8, 4) is 0 Å². The number of hydrogen-bond donors (Lipinski definition) is 0. The molecule has 37 valence electrons. The van der Waals surface area contributed by atoms with Crippen molar-refractivity contribution in [3.05, 3.63) is 0 Å². The van der Waals surface area contributed by atoms with Crippen LogP contribution in [0.2, 0.25) is 0 Å². The average Bonchev–Trinajstić information content (AvgIpc) is 0.722. The molecule has 0 aromatic heterocycles. The van der Waals surface area contributed by atoms with Gasteiger partial charge in [0.05, 0.1) is 0 Å². The molecule has 0 saturated carbocycles. The maximum atomic E-state index is 4.48. The number of hydrogen-bond acceptors (Lipinski definition) is 4. The summed E-state index contributed by atoms with van der Waals surface area (Å²) in [6.07, 6.45) is 0. The van der Waals surface area contributed by atoms with Crippen LogP contribution in [0.5, 0.6) is 0 Å². The first-order valence-corrected chi connectivity index (χ1v) is 16.4. The number of rotatable bonds is 0. The third kappa shape index (κ3) is 36.2. The first-order chi connectivity index (χ1) is 2.00. The van der Waals surface area contributed by atoms with Gasteiger partial charge in [-0.3, -0.25) is 0 Å². The van der Waals surface area contributed by atoms with E-state index >= 15 is 0 Å². The predicted octanol–water partition coefficient (Wildman–Crippen LogP) is 2.59. The van der Waals surface area contributed by atoms with E-state index in [4.69, 9.17) is 0 Å². The third-order valence-electron chi connectivity index (χ3n) is 0. The summed E-state index contributed by atoms with van der Waals surface area (Å²) in [6.45, 7) is 0. The van der Waals surface area contributed by atoms with E-state index in [2.05, 4.69) is 39.3 Å². The van der Waals surface area contributed by atoms with Crippen molar-refractivity contribution in [2.24, 2.45) is 0 Å². The Morgan fingerprint density at radius 1 is 0.833 bits per heavy atom. The zero-order valence-corrected chi connectivity index (χ0v) is 9.80. The van der Waals surface area contributed by atoms with Gasteiger partial charge >= 0.3 is 48.1 Å². The van der Waals surface area contributed by atoms with E-state index in [-0.39, 0.29) is 17.1 Å². The molecule has 0 aliphatic heterocycles. The fraction of sp³-hybridized carbons (Fsp3) is 0. The van der Waals surface area contributed by atoms with E-state index in [9.17, 15) is 0 Å². The molecule has 0 nitrogen and oxygen atoms in total. The van der Waals surface area contributed by atoms with E-state index < -0.39 is 8.78 Å². The minimum absolute atomic E-state index is 0. The summed E-state index contributed by atoms with van der Waals surface area (Å²) >= 11 is 0. The van der Waals surface area contributed by atoms with Crippen LogP contribution in [0.25, 0.3) is 0 Å². The Kier molecular flexibility index (Phi) is 7.34. The zero-order valence-electron chi connectivity index (χ0n) is 2.42. The summed E-state index contributed by atoms with van der Waals surface area (Å²) in [5, 5.41) is 0. The van der Waals surface area contributed by atoms with Crippen molar-refractivity contribution in [2.45, 2.75) is 0 Å². The summed E-state index contributed by atoms with van der Waals surface area (Å²) in [5.74, 6) is 0. The van der Waals surface area contributed by atoms with Crippen LogP contribution in [0, 0.1) is 0 Å². The normalized spacial score (nSPS) is 6.67. The molecule has 0 atom stereocenters. The van der Waals surface area contributed by atoms with E-state index in [1.807, 2.05) is 0 Å². The van der Waals surface area contributed by atoms with Crippen molar-refractivity contribution in [1.29, 1.82) is 0 Å². The van der Waals surface area contributed by atoms with Crippen LogP contribution in [-0.2, 0) is 25.9 Å². The monoisotopic (exact) mass is 367 g/mol. The second kappa shape index (κ2) is 4.02. The molecule has 6 heavy (non-hydrogen) atoms. The molecule has 0 unspecified atom stereocenters. The van der Waals surface area contributed by atoms with Crippen LogP contribution in [0.1, 0.15) is 0 Å². The van der Waals surface area contributed by atoms with Gasteiger partial charge in [0.1, 0.15) is 0 Å². The molecule has 0 aromatic carbocycles. The van der Waals surface area contributed by atoms with Gasteiger partial charge in [-0.05, 0) is 0 Å². The van der Waals surface area contributed by atoms with E-state index in [1.54, 1.807) is 0 Å². The Bertz CT molecular complexity index is 159. The van der Waals surface area contributed by atoms with Gasteiger partial charge in [-0.2, -0.15) is 0 Å². The molecule has 0 aromatic rings. The van der Waals surface area contributed by atoms with Crippen LogP contribution >= 0.6 is 39.3 Å². The van der Waals surface area contributed by atoms with Gasteiger partial charge in [-0.25, -0.2) is 0 Å². The van der Waals surface area contributed by atoms with Crippen LogP contribution in [0.4, 0.5) is 0 Å². The van der Waals surface area contributed by atoms with Crippen LogP contribution < -0.4 is 0 Å². The molecular formula is MnS4W. The van der Waals surface area contributed by atoms with Crippen molar-refractivity contribution < 1.29 is 25.9 Å². The van der Waals surface area contributed by atoms with Crippen molar-refractivity contribution in [3.63, 3.8) is 0 Å². The summed E-state index contributed by atoms with van der Waals surface area (Å²) < 4.78 is 0. The van der Waals surface area contributed by atoms with Gasteiger partial charge in [0.15, 0.2) is 0 Å². The first-order valence-electron chi connectivity index (χ1n) is 0.667. The Morgan fingerprint density at radius 3 is 0.833 bits per heavy atom. The van der Waals surface area contributed by atoms with E-state index in [0.29, 0.717) is 0 Å². The molecule has 0 saturated heterocycles. The fourth-order valence-electron chi connectivity index (χ4n) is 0. The van der Waals surface area contributed by atoms with E-state index in [1.165, 1.54) is 0 Å². The quantitative estimate of drug-likeness (QED) is 0.604. The molecule has 0 fully saturated rings. The third-order valence-corrected chi connectivity index (χ3v) is 0. The van der Waals surface area contributed by atoms with Crippen LogP contribution in [0.3, 0.4) is 0 Å². The molecular weight excluding hydrogens is 367 g/mol. The molecule has 0 bridgehead atoms. The fourth-order valence-corrected chi connectivity index (χ4v) is 0. The van der Waals surface area contributed by atoms with Gasteiger partial charge < -0.3 is 0 Å². The Balaban J connectivity index is 0. The summed E-state index contributed by atoms with van der Waals surface area (Å²) in [5.41, 5.74) is 0. The zero-order chi connectivity index (χ0) is 4.50. The first kappa shape index (κ1) is 11.0. The molecule has 0 aliphatic carbocycles. The molecule has 0 rings (SSSR count). The maximum absolute atomic E-state index is 4.48. The van der Waals surface area contributed by atoms with Crippen LogP contribution in [-0.4, -0.2) is 0 Å². The van der Waals surface area contributed by atoms with Gasteiger partial charge in [-0.1, -0.05) is 0 Å². The molecule has 0 spiro atoms. The average molecular weight is 367 g/mol. The standard InChI is InChI=1S/Mn.4S.W. The molecule has 0 aliphatic rings. The summed E-state index contributed by atoms with van der Waals surface area (Å²) in [4.78, 5) is 0. The van der Waals surface area contributed by atoms with E-state index in [0.717, 1.165) is 0 Å². The molecule has 0 N–H and O–H groups in total. The van der Waals surface area contributed by atoms with Crippen molar-refractivity contribution in [1.82, 2.24) is 0 Å². The second-order valence-electron chi connectivity index (χ2n) is 0.408. The summed E-state index contributed by atoms with van der Waals surface area (Å²) in [6, 6.07) is 0. The Labute approximate surface area is 64.1 Å². The minimum atomic E-state index is -2.83. The van der Waals surface area contributed by atoms with Crippen LogP contribution in [0.15, 0.2) is 0 Å². The van der Waals surface area contributed by atoms with Gasteiger partial charge in [0.25, 0.3) is 0 Å². The van der Waals surface area contributed by atoms with Crippen molar-refractivity contribution >= 4 is 39.3 Å². The molecule has 6 heteroatoms. The van der Waals surface area contributed by atoms with Crippen molar-refractivity contribution in [2.75, 3.05) is 0 Å². The van der Waals surface area contributed by atoms with Gasteiger partial charge in [0, 0.05) is 17.1 Å². The summed E-state index contributed by atoms with van der Waals surface area (Å²) in [7, 11) is 15.1. The topological polar surface area (TPSA) is 0 Å². The van der Waals surface area contributed by atoms with Gasteiger partial charge in [0.2, 0.25) is 0 Å². The molecule has 1 radical (unpaired) electrons. The molecule has 0 amide bonds. The molecule has 0 heterocycles. The van der Waals surface area contributed by atoms with Gasteiger partial charge in [-0.15, -0.1) is 0 Å². The second-order valence-corrected chi connectivity index (χ2v) is 30.1.